The molecular weight excluding hydrogens is 402 g/mol. The molecule has 0 fully saturated rings. The lowest BCUT2D eigenvalue weighted by Gasteiger charge is -2.34. The van der Waals surface area contributed by atoms with Gasteiger partial charge in [0.25, 0.3) is 0 Å². The highest BCUT2D eigenvalue weighted by Crippen LogP contribution is 2.48. The van der Waals surface area contributed by atoms with Crippen molar-refractivity contribution < 1.29 is 9.84 Å². The molecule has 166 valence electrons. The predicted octanol–water partition coefficient (Wildman–Crippen LogP) is 5.18. The molecule has 32 heavy (non-hydrogen) atoms. The SMILES string of the molecule is C=C(O)c1cn2c(cc1=O)-c1c(cc(-c3cnn(C(C)C)c3)c3c1CCO3)C[C@@H]2C(C)C. The van der Waals surface area contributed by atoms with Crippen LogP contribution in [-0.4, -0.2) is 26.1 Å². The highest BCUT2D eigenvalue weighted by Gasteiger charge is 2.33. The average molecular weight is 432 g/mol. The lowest BCUT2D eigenvalue weighted by Crippen LogP contribution is -2.27. The summed E-state index contributed by atoms with van der Waals surface area (Å²) in [6.07, 6.45) is 7.41. The van der Waals surface area contributed by atoms with Gasteiger partial charge in [-0.05, 0) is 37.8 Å². The number of hydrogen-bond donors (Lipinski definition) is 1. The van der Waals surface area contributed by atoms with Crippen LogP contribution in [0.5, 0.6) is 5.75 Å². The third-order valence-electron chi connectivity index (χ3n) is 6.70. The van der Waals surface area contributed by atoms with Crippen LogP contribution in [0.3, 0.4) is 0 Å². The van der Waals surface area contributed by atoms with Crippen molar-refractivity contribution in [2.24, 2.45) is 5.92 Å². The summed E-state index contributed by atoms with van der Waals surface area (Å²) < 4.78 is 10.2. The minimum atomic E-state index is -0.214. The zero-order valence-corrected chi connectivity index (χ0v) is 19.1. The van der Waals surface area contributed by atoms with Crippen molar-refractivity contribution in [3.05, 3.63) is 64.2 Å². The average Bonchev–Trinajstić information content (AvgIpc) is 3.41. The molecule has 4 heterocycles. The van der Waals surface area contributed by atoms with Gasteiger partial charge >= 0.3 is 0 Å². The number of nitrogens with zero attached hydrogens (tertiary/aromatic N) is 3. The molecule has 0 spiro atoms. The minimum absolute atomic E-state index is 0.169. The smallest absolute Gasteiger partial charge is 0.193 e. The van der Waals surface area contributed by atoms with Crippen LogP contribution >= 0.6 is 0 Å². The van der Waals surface area contributed by atoms with E-state index >= 15 is 0 Å². The molecule has 1 N–H and O–H groups in total. The van der Waals surface area contributed by atoms with Crippen LogP contribution < -0.4 is 10.2 Å². The topological polar surface area (TPSA) is 69.3 Å². The summed E-state index contributed by atoms with van der Waals surface area (Å²) in [5.74, 6) is 1.05. The van der Waals surface area contributed by atoms with Crippen molar-refractivity contribution in [1.29, 1.82) is 0 Å². The minimum Gasteiger partial charge on any atom is -0.508 e. The molecule has 0 saturated heterocycles. The van der Waals surface area contributed by atoms with E-state index in [-0.39, 0.29) is 28.8 Å². The lowest BCUT2D eigenvalue weighted by molar-refractivity contribution is 0.357. The van der Waals surface area contributed by atoms with Crippen molar-refractivity contribution in [1.82, 2.24) is 14.3 Å². The van der Waals surface area contributed by atoms with E-state index in [2.05, 4.69) is 56.2 Å². The van der Waals surface area contributed by atoms with Gasteiger partial charge in [-0.15, -0.1) is 0 Å². The zero-order valence-electron chi connectivity index (χ0n) is 19.1. The molecule has 2 aromatic heterocycles. The van der Waals surface area contributed by atoms with Gasteiger partial charge in [-0.2, -0.15) is 5.10 Å². The van der Waals surface area contributed by atoms with Gasteiger partial charge in [0.05, 0.1) is 24.1 Å². The summed E-state index contributed by atoms with van der Waals surface area (Å²) in [7, 11) is 0. The van der Waals surface area contributed by atoms with Gasteiger partial charge in [-0.1, -0.05) is 20.4 Å². The Hall–Kier alpha value is -3.28. The van der Waals surface area contributed by atoms with Crippen LogP contribution in [0.15, 0.2) is 42.1 Å². The number of benzene rings is 1. The quantitative estimate of drug-likeness (QED) is 0.578. The first-order valence-corrected chi connectivity index (χ1v) is 11.3. The Morgan fingerprint density at radius 3 is 2.69 bits per heavy atom. The van der Waals surface area contributed by atoms with E-state index < -0.39 is 0 Å². The second kappa shape index (κ2) is 7.40. The molecule has 2 aliphatic rings. The molecule has 0 saturated carbocycles. The molecule has 1 aromatic carbocycles. The van der Waals surface area contributed by atoms with E-state index in [1.807, 2.05) is 10.9 Å². The number of rotatable bonds is 4. The molecule has 0 bridgehead atoms. The number of ether oxygens (including phenoxy) is 1. The van der Waals surface area contributed by atoms with Gasteiger partial charge in [0.2, 0.25) is 0 Å². The fraction of sp³-hybridized carbons (Fsp3) is 0.385. The van der Waals surface area contributed by atoms with Crippen molar-refractivity contribution in [3.63, 3.8) is 0 Å². The maximum atomic E-state index is 12.8. The molecule has 3 aromatic rings. The largest absolute Gasteiger partial charge is 0.508 e. The van der Waals surface area contributed by atoms with E-state index in [1.165, 1.54) is 5.56 Å². The summed E-state index contributed by atoms with van der Waals surface area (Å²) in [4.78, 5) is 12.8. The van der Waals surface area contributed by atoms with Gasteiger partial charge in [0, 0.05) is 59.2 Å². The maximum Gasteiger partial charge on any atom is 0.193 e. The second-order valence-electron chi connectivity index (χ2n) is 9.47. The van der Waals surface area contributed by atoms with Gasteiger partial charge in [0.15, 0.2) is 5.43 Å². The summed E-state index contributed by atoms with van der Waals surface area (Å²) in [5, 5.41) is 14.5. The second-order valence-corrected chi connectivity index (χ2v) is 9.47. The van der Waals surface area contributed by atoms with Crippen LogP contribution in [0.1, 0.15) is 56.5 Å². The third-order valence-corrected chi connectivity index (χ3v) is 6.70. The van der Waals surface area contributed by atoms with Crippen LogP contribution in [0, 0.1) is 5.92 Å². The Morgan fingerprint density at radius 1 is 1.25 bits per heavy atom. The molecule has 1 atom stereocenters. The summed E-state index contributed by atoms with van der Waals surface area (Å²) in [6, 6.07) is 4.33. The third kappa shape index (κ3) is 3.08. The summed E-state index contributed by atoms with van der Waals surface area (Å²) >= 11 is 0. The number of aliphatic hydroxyl groups is 1. The molecule has 2 aliphatic heterocycles. The van der Waals surface area contributed by atoms with Gasteiger partial charge in [0.1, 0.15) is 11.5 Å². The van der Waals surface area contributed by atoms with Crippen LogP contribution in [0.25, 0.3) is 28.1 Å². The Balaban J connectivity index is 1.77. The van der Waals surface area contributed by atoms with Crippen molar-refractivity contribution in [2.75, 3.05) is 6.61 Å². The molecular formula is C26H29N3O3. The van der Waals surface area contributed by atoms with Crippen molar-refractivity contribution in [3.8, 4) is 28.1 Å². The molecule has 6 heteroatoms. The van der Waals surface area contributed by atoms with Crippen molar-refractivity contribution in [2.45, 2.75) is 52.6 Å². The molecule has 0 unspecified atom stereocenters. The van der Waals surface area contributed by atoms with E-state index in [9.17, 15) is 9.90 Å². The van der Waals surface area contributed by atoms with E-state index in [1.54, 1.807) is 12.3 Å². The molecule has 5 rings (SSSR count). The first kappa shape index (κ1) is 20.6. The van der Waals surface area contributed by atoms with Crippen LogP contribution in [0.2, 0.25) is 0 Å². The molecule has 6 nitrogen and oxygen atoms in total. The normalized spacial score (nSPS) is 16.6. The predicted molar refractivity (Wildman–Crippen MR) is 126 cm³/mol. The molecule has 0 amide bonds. The monoisotopic (exact) mass is 431 g/mol. The van der Waals surface area contributed by atoms with Gasteiger partial charge < -0.3 is 14.4 Å². The van der Waals surface area contributed by atoms with Gasteiger partial charge in [-0.25, -0.2) is 0 Å². The number of fused-ring (bicyclic) bond motifs is 5. The lowest BCUT2D eigenvalue weighted by atomic mass is 9.82. The number of aliphatic hydroxyl groups excluding tert-OH is 1. The zero-order chi connectivity index (χ0) is 22.7. The van der Waals surface area contributed by atoms with E-state index in [4.69, 9.17) is 4.74 Å². The highest BCUT2D eigenvalue weighted by molar-refractivity contribution is 5.83. The summed E-state index contributed by atoms with van der Waals surface area (Å²) in [5.41, 5.74) is 6.55. The molecule has 0 aliphatic carbocycles. The van der Waals surface area contributed by atoms with Gasteiger partial charge in [-0.3, -0.25) is 9.48 Å². The Labute approximate surface area is 187 Å². The Bertz CT molecular complexity index is 1300. The highest BCUT2D eigenvalue weighted by atomic mass is 16.5. The number of aromatic nitrogens is 3. The standard InChI is InChI=1S/C26H29N3O3/c1-14(2)22-9-17-8-20(18-11-27-29(12-18)15(3)4)26-19(6-7-32-26)25(17)23-10-24(31)21(16(5)30)13-28(22)23/h8,10-15,22,30H,5-7,9H2,1-4H3/t22-/m1/s1. The first-order chi connectivity index (χ1) is 15.3. The van der Waals surface area contributed by atoms with Crippen molar-refractivity contribution >= 4 is 5.76 Å². The van der Waals surface area contributed by atoms with Crippen LogP contribution in [0.4, 0.5) is 0 Å². The first-order valence-electron chi connectivity index (χ1n) is 11.3. The van der Waals surface area contributed by atoms with Crippen LogP contribution in [-0.2, 0) is 12.8 Å². The number of pyridine rings is 1. The van der Waals surface area contributed by atoms with E-state index in [0.29, 0.717) is 12.5 Å². The fourth-order valence-electron chi connectivity index (χ4n) is 5.02. The summed E-state index contributed by atoms with van der Waals surface area (Å²) in [6.45, 7) is 12.8. The van der Waals surface area contributed by atoms with E-state index in [0.717, 1.165) is 46.5 Å². The molecule has 0 radical (unpaired) electrons. The fourth-order valence-corrected chi connectivity index (χ4v) is 5.02. The Kier molecular flexibility index (Phi) is 4.77. The Morgan fingerprint density at radius 2 is 2.03 bits per heavy atom. The maximum absolute atomic E-state index is 12.8. The number of hydrogen-bond acceptors (Lipinski definition) is 4.